The molecule has 0 aromatic heterocycles. The third-order valence-corrected chi connectivity index (χ3v) is 2.45. The van der Waals surface area contributed by atoms with Crippen LogP contribution in [-0.4, -0.2) is 41.9 Å². The van der Waals surface area contributed by atoms with Crippen LogP contribution >= 0.6 is 12.4 Å². The number of rotatable bonds is 2. The van der Waals surface area contributed by atoms with E-state index in [1.54, 1.807) is 24.3 Å². The largest absolute Gasteiger partial charge is 0.478 e. The predicted molar refractivity (Wildman–Crippen MR) is 64.7 cm³/mol. The van der Waals surface area contributed by atoms with Crippen molar-refractivity contribution in [2.45, 2.75) is 0 Å². The first kappa shape index (κ1) is 12.5. The monoisotopic (exact) mass is 240 g/mol. The van der Waals surface area contributed by atoms with E-state index in [0.717, 1.165) is 24.5 Å². The molecule has 2 rings (SSSR count). The molecule has 5 heteroatoms. The second-order valence-electron chi connectivity index (χ2n) is 3.51. The number of carbonyl (C=O) groups is 1. The van der Waals surface area contributed by atoms with Crippen LogP contribution in [0, 0.1) is 0 Å². The number of halogens is 1. The fourth-order valence-corrected chi connectivity index (χ4v) is 1.61. The molecule has 1 aromatic carbocycles. The lowest BCUT2D eigenvalue weighted by molar-refractivity contribution is 0.0697. The van der Waals surface area contributed by atoms with Gasteiger partial charge < -0.3 is 10.0 Å². The van der Waals surface area contributed by atoms with Gasteiger partial charge in [-0.15, -0.1) is 12.4 Å². The lowest BCUT2D eigenvalue weighted by atomic mass is 10.1. The summed E-state index contributed by atoms with van der Waals surface area (Å²) in [5.41, 5.74) is 1.28. The minimum Gasteiger partial charge on any atom is -0.478 e. The second kappa shape index (κ2) is 4.99. The zero-order valence-electron chi connectivity index (χ0n) is 8.88. The zero-order chi connectivity index (χ0) is 10.8. The first-order valence-electron chi connectivity index (χ1n) is 4.78. The molecule has 0 fully saturated rings. The van der Waals surface area contributed by atoms with Crippen LogP contribution in [0.1, 0.15) is 15.9 Å². The first-order chi connectivity index (χ1) is 7.18. The molecule has 0 amide bonds. The molecule has 0 saturated heterocycles. The van der Waals surface area contributed by atoms with Crippen LogP contribution in [0.2, 0.25) is 0 Å². The number of carboxylic acids is 1. The van der Waals surface area contributed by atoms with Gasteiger partial charge in [-0.1, -0.05) is 12.1 Å². The smallest absolute Gasteiger partial charge is 0.335 e. The maximum absolute atomic E-state index is 10.7. The molecular formula is C11H13ClN2O2. The summed E-state index contributed by atoms with van der Waals surface area (Å²) in [5.74, 6) is 0.0372. The SMILES string of the molecule is CN1CCN=C1c1ccc(C(=O)O)cc1.Cl. The summed E-state index contributed by atoms with van der Waals surface area (Å²) in [6.07, 6.45) is 0. The number of aromatic carboxylic acids is 1. The van der Waals surface area contributed by atoms with Gasteiger partial charge in [0, 0.05) is 19.2 Å². The fraction of sp³-hybridized carbons (Fsp3) is 0.273. The molecule has 1 N–H and O–H groups in total. The summed E-state index contributed by atoms with van der Waals surface area (Å²) in [6, 6.07) is 6.80. The quantitative estimate of drug-likeness (QED) is 0.852. The van der Waals surface area contributed by atoms with E-state index in [1.165, 1.54) is 0 Å². The van der Waals surface area contributed by atoms with Gasteiger partial charge >= 0.3 is 5.97 Å². The highest BCUT2D eigenvalue weighted by molar-refractivity contribution is 6.00. The van der Waals surface area contributed by atoms with Gasteiger partial charge in [-0.2, -0.15) is 0 Å². The number of benzene rings is 1. The number of aliphatic imine (C=N–C) groups is 1. The summed E-state index contributed by atoms with van der Waals surface area (Å²) in [4.78, 5) is 17.1. The zero-order valence-corrected chi connectivity index (χ0v) is 9.70. The molecule has 1 aromatic rings. The highest BCUT2D eigenvalue weighted by Gasteiger charge is 2.14. The molecule has 0 aliphatic carbocycles. The first-order valence-corrected chi connectivity index (χ1v) is 4.78. The Labute approximate surface area is 100 Å². The van der Waals surface area contributed by atoms with Gasteiger partial charge in [0.1, 0.15) is 5.84 Å². The van der Waals surface area contributed by atoms with E-state index in [1.807, 2.05) is 7.05 Å². The van der Waals surface area contributed by atoms with Gasteiger partial charge in [0.15, 0.2) is 0 Å². The molecule has 0 radical (unpaired) electrons. The summed E-state index contributed by atoms with van der Waals surface area (Å²) in [5, 5.41) is 8.75. The van der Waals surface area contributed by atoms with Crippen molar-refractivity contribution in [3.8, 4) is 0 Å². The Morgan fingerprint density at radius 1 is 1.38 bits per heavy atom. The number of hydrogen-bond acceptors (Lipinski definition) is 3. The fourth-order valence-electron chi connectivity index (χ4n) is 1.61. The molecule has 0 unspecified atom stereocenters. The van der Waals surface area contributed by atoms with Gasteiger partial charge in [-0.3, -0.25) is 4.99 Å². The van der Waals surface area contributed by atoms with Crippen LogP contribution in [0.15, 0.2) is 29.3 Å². The maximum atomic E-state index is 10.7. The Bertz CT molecular complexity index is 414. The Kier molecular flexibility index (Phi) is 3.90. The van der Waals surface area contributed by atoms with E-state index in [2.05, 4.69) is 9.89 Å². The second-order valence-corrected chi connectivity index (χ2v) is 3.51. The number of hydrogen-bond donors (Lipinski definition) is 1. The van der Waals surface area contributed by atoms with Gasteiger partial charge in [0.05, 0.1) is 12.1 Å². The number of amidine groups is 1. The van der Waals surface area contributed by atoms with E-state index in [9.17, 15) is 4.79 Å². The molecule has 1 aliphatic heterocycles. The molecular weight excluding hydrogens is 228 g/mol. The standard InChI is InChI=1S/C11H12N2O2.ClH/c1-13-7-6-12-10(13)8-2-4-9(5-3-8)11(14)15;/h2-5H,6-7H2,1H3,(H,14,15);1H. The Hall–Kier alpha value is -1.55. The van der Waals surface area contributed by atoms with E-state index in [4.69, 9.17) is 5.11 Å². The van der Waals surface area contributed by atoms with Crippen molar-refractivity contribution >= 4 is 24.2 Å². The highest BCUT2D eigenvalue weighted by atomic mass is 35.5. The third kappa shape index (κ3) is 2.33. The molecule has 0 bridgehead atoms. The van der Waals surface area contributed by atoms with Crippen molar-refractivity contribution in [2.75, 3.05) is 20.1 Å². The molecule has 0 spiro atoms. The number of carboxylic acid groups (broad SMARTS) is 1. The van der Waals surface area contributed by atoms with Crippen molar-refractivity contribution in [3.63, 3.8) is 0 Å². The van der Waals surface area contributed by atoms with Crippen molar-refractivity contribution in [1.29, 1.82) is 0 Å². The Morgan fingerprint density at radius 3 is 2.44 bits per heavy atom. The minimum atomic E-state index is -0.900. The van der Waals surface area contributed by atoms with Crippen molar-refractivity contribution in [1.82, 2.24) is 4.90 Å². The van der Waals surface area contributed by atoms with Gasteiger partial charge in [0.2, 0.25) is 0 Å². The maximum Gasteiger partial charge on any atom is 0.335 e. The molecule has 4 nitrogen and oxygen atoms in total. The van der Waals surface area contributed by atoms with Crippen LogP contribution in [0.25, 0.3) is 0 Å². The molecule has 16 heavy (non-hydrogen) atoms. The summed E-state index contributed by atoms with van der Waals surface area (Å²) in [6.45, 7) is 1.74. The van der Waals surface area contributed by atoms with Gasteiger partial charge in [-0.25, -0.2) is 4.79 Å². The van der Waals surface area contributed by atoms with E-state index < -0.39 is 5.97 Å². The third-order valence-electron chi connectivity index (χ3n) is 2.45. The average Bonchev–Trinajstić information content (AvgIpc) is 2.65. The van der Waals surface area contributed by atoms with Crippen molar-refractivity contribution < 1.29 is 9.90 Å². The molecule has 0 atom stereocenters. The lowest BCUT2D eigenvalue weighted by Crippen LogP contribution is -2.23. The van der Waals surface area contributed by atoms with E-state index in [0.29, 0.717) is 5.56 Å². The number of nitrogens with zero attached hydrogens (tertiary/aromatic N) is 2. The molecule has 86 valence electrons. The van der Waals surface area contributed by atoms with Crippen LogP contribution < -0.4 is 0 Å². The van der Waals surface area contributed by atoms with Crippen LogP contribution in [-0.2, 0) is 0 Å². The van der Waals surface area contributed by atoms with Gasteiger partial charge in [0.25, 0.3) is 0 Å². The summed E-state index contributed by atoms with van der Waals surface area (Å²) in [7, 11) is 1.98. The minimum absolute atomic E-state index is 0. The van der Waals surface area contributed by atoms with Crippen molar-refractivity contribution in [2.24, 2.45) is 4.99 Å². The van der Waals surface area contributed by atoms with Crippen LogP contribution in [0.5, 0.6) is 0 Å². The predicted octanol–water partition coefficient (Wildman–Crippen LogP) is 1.50. The molecule has 1 aliphatic rings. The lowest BCUT2D eigenvalue weighted by Gasteiger charge is -2.13. The average molecular weight is 241 g/mol. The molecule has 1 heterocycles. The Morgan fingerprint density at radius 2 is 2.00 bits per heavy atom. The van der Waals surface area contributed by atoms with Crippen molar-refractivity contribution in [3.05, 3.63) is 35.4 Å². The highest BCUT2D eigenvalue weighted by Crippen LogP contribution is 2.11. The van der Waals surface area contributed by atoms with E-state index >= 15 is 0 Å². The normalized spacial score (nSPS) is 14.3. The Balaban J connectivity index is 0.00000128. The molecule has 0 saturated carbocycles. The summed E-state index contributed by atoms with van der Waals surface area (Å²) >= 11 is 0. The van der Waals surface area contributed by atoms with Crippen LogP contribution in [0.3, 0.4) is 0 Å². The van der Waals surface area contributed by atoms with E-state index in [-0.39, 0.29) is 12.4 Å². The number of likely N-dealkylation sites (N-methyl/N-ethyl adjacent to an activating group) is 1. The van der Waals surface area contributed by atoms with Crippen LogP contribution in [0.4, 0.5) is 0 Å². The topological polar surface area (TPSA) is 52.9 Å². The van der Waals surface area contributed by atoms with Gasteiger partial charge in [-0.05, 0) is 12.1 Å². The summed E-state index contributed by atoms with van der Waals surface area (Å²) < 4.78 is 0.